The van der Waals surface area contributed by atoms with Gasteiger partial charge in [-0.2, -0.15) is 0 Å². The Labute approximate surface area is 124 Å². The number of aliphatic imine (C=N–C) groups is 1. The minimum Gasteiger partial charge on any atom is -0.357 e. The summed E-state index contributed by atoms with van der Waals surface area (Å²) in [6, 6.07) is 0.572. The minimum absolute atomic E-state index is 0.572. The quantitative estimate of drug-likeness (QED) is 0.325. The summed E-state index contributed by atoms with van der Waals surface area (Å²) in [6.45, 7) is 11.9. The van der Waals surface area contributed by atoms with Gasteiger partial charge in [0.05, 0.1) is 0 Å². The van der Waals surface area contributed by atoms with Gasteiger partial charge in [0.25, 0.3) is 0 Å². The fourth-order valence-electron chi connectivity index (χ4n) is 2.55. The van der Waals surface area contributed by atoms with Crippen LogP contribution in [0.4, 0.5) is 0 Å². The van der Waals surface area contributed by atoms with Crippen LogP contribution < -0.4 is 10.6 Å². The maximum atomic E-state index is 4.63. The Morgan fingerprint density at radius 3 is 2.65 bits per heavy atom. The van der Waals surface area contributed by atoms with Gasteiger partial charge in [0, 0.05) is 32.2 Å². The molecule has 0 radical (unpaired) electrons. The lowest BCUT2D eigenvalue weighted by Crippen LogP contribution is -2.48. The highest BCUT2D eigenvalue weighted by molar-refractivity contribution is 5.80. The normalized spacial score (nSPS) is 18.6. The van der Waals surface area contributed by atoms with Gasteiger partial charge in [0.2, 0.25) is 0 Å². The van der Waals surface area contributed by atoms with E-state index in [0.717, 1.165) is 25.5 Å². The maximum Gasteiger partial charge on any atom is 0.191 e. The summed E-state index contributed by atoms with van der Waals surface area (Å²) in [7, 11) is 0. The molecule has 0 saturated carbocycles. The van der Waals surface area contributed by atoms with E-state index in [2.05, 4.69) is 53.4 Å². The van der Waals surface area contributed by atoms with E-state index in [-0.39, 0.29) is 0 Å². The van der Waals surface area contributed by atoms with E-state index in [1.807, 2.05) is 0 Å². The Bertz CT molecular complexity index is 291. The van der Waals surface area contributed by atoms with Crippen molar-refractivity contribution in [2.24, 2.45) is 4.99 Å². The molecule has 4 heteroatoms. The summed E-state index contributed by atoms with van der Waals surface area (Å²) in [4.78, 5) is 7.19. The molecule has 1 rings (SSSR count). The zero-order chi connectivity index (χ0) is 14.6. The molecule has 1 aliphatic rings. The van der Waals surface area contributed by atoms with Gasteiger partial charge < -0.3 is 15.5 Å². The van der Waals surface area contributed by atoms with E-state index in [4.69, 9.17) is 0 Å². The van der Waals surface area contributed by atoms with Gasteiger partial charge in [0.15, 0.2) is 5.96 Å². The summed E-state index contributed by atoms with van der Waals surface area (Å²) >= 11 is 0. The van der Waals surface area contributed by atoms with Gasteiger partial charge in [-0.25, -0.2) is 0 Å². The van der Waals surface area contributed by atoms with Gasteiger partial charge in [-0.05, 0) is 46.1 Å². The van der Waals surface area contributed by atoms with Crippen LogP contribution in [0.2, 0.25) is 0 Å². The average molecular weight is 280 g/mol. The number of nitrogens with zero attached hydrogens (tertiary/aromatic N) is 2. The maximum absolute atomic E-state index is 4.63. The van der Waals surface area contributed by atoms with Crippen LogP contribution in [-0.2, 0) is 0 Å². The second-order valence-corrected chi connectivity index (χ2v) is 5.38. The fourth-order valence-corrected chi connectivity index (χ4v) is 2.55. The second kappa shape index (κ2) is 10.7. The standard InChI is InChI=1S/C16H32N4/c1-4-7-8-11-18-16(17-6-3)19-15-9-13-20(12-5-2)14-10-15/h4,7,15H,5-6,8-14H2,1-3H3,(H2,17,18,19). The highest BCUT2D eigenvalue weighted by atomic mass is 15.2. The third-order valence-electron chi connectivity index (χ3n) is 3.61. The van der Waals surface area contributed by atoms with Crippen molar-refractivity contribution < 1.29 is 0 Å². The number of likely N-dealkylation sites (tertiary alicyclic amines) is 1. The Morgan fingerprint density at radius 1 is 1.30 bits per heavy atom. The van der Waals surface area contributed by atoms with Crippen molar-refractivity contribution in [3.05, 3.63) is 12.2 Å². The molecule has 0 spiro atoms. The molecule has 20 heavy (non-hydrogen) atoms. The van der Waals surface area contributed by atoms with Crippen LogP contribution in [0, 0.1) is 0 Å². The second-order valence-electron chi connectivity index (χ2n) is 5.38. The smallest absolute Gasteiger partial charge is 0.191 e. The van der Waals surface area contributed by atoms with Crippen molar-refractivity contribution in [2.45, 2.75) is 52.5 Å². The Morgan fingerprint density at radius 2 is 2.05 bits per heavy atom. The Balaban J connectivity index is 2.34. The zero-order valence-electron chi connectivity index (χ0n) is 13.5. The van der Waals surface area contributed by atoms with E-state index in [1.54, 1.807) is 0 Å². The van der Waals surface area contributed by atoms with E-state index >= 15 is 0 Å². The molecule has 0 unspecified atom stereocenters. The van der Waals surface area contributed by atoms with Gasteiger partial charge in [-0.3, -0.25) is 4.99 Å². The summed E-state index contributed by atoms with van der Waals surface area (Å²) in [6.07, 6.45) is 8.96. The Hall–Kier alpha value is -1.03. The molecule has 0 aromatic carbocycles. The van der Waals surface area contributed by atoms with Crippen molar-refractivity contribution in [3.63, 3.8) is 0 Å². The third kappa shape index (κ3) is 6.94. The number of allylic oxidation sites excluding steroid dienone is 1. The lowest BCUT2D eigenvalue weighted by molar-refractivity contribution is 0.206. The number of piperidine rings is 1. The van der Waals surface area contributed by atoms with Gasteiger partial charge in [-0.1, -0.05) is 19.1 Å². The molecule has 2 N–H and O–H groups in total. The molecule has 1 saturated heterocycles. The highest BCUT2D eigenvalue weighted by Crippen LogP contribution is 2.10. The number of rotatable bonds is 7. The third-order valence-corrected chi connectivity index (χ3v) is 3.61. The van der Waals surface area contributed by atoms with Crippen LogP contribution in [0.1, 0.15) is 46.5 Å². The lowest BCUT2D eigenvalue weighted by Gasteiger charge is -2.32. The fraction of sp³-hybridized carbons (Fsp3) is 0.812. The monoisotopic (exact) mass is 280 g/mol. The van der Waals surface area contributed by atoms with E-state index in [1.165, 1.54) is 38.9 Å². The topological polar surface area (TPSA) is 39.7 Å². The zero-order valence-corrected chi connectivity index (χ0v) is 13.5. The number of guanidine groups is 1. The molecule has 1 fully saturated rings. The molecule has 0 atom stereocenters. The van der Waals surface area contributed by atoms with Crippen LogP contribution in [0.3, 0.4) is 0 Å². The summed E-state index contributed by atoms with van der Waals surface area (Å²) < 4.78 is 0. The summed E-state index contributed by atoms with van der Waals surface area (Å²) in [5.41, 5.74) is 0. The number of hydrogen-bond acceptors (Lipinski definition) is 2. The van der Waals surface area contributed by atoms with E-state index in [9.17, 15) is 0 Å². The van der Waals surface area contributed by atoms with E-state index in [0.29, 0.717) is 6.04 Å². The molecule has 0 bridgehead atoms. The number of nitrogens with one attached hydrogen (secondary N) is 2. The van der Waals surface area contributed by atoms with Crippen molar-refractivity contribution in [1.29, 1.82) is 0 Å². The molecule has 1 heterocycles. The van der Waals surface area contributed by atoms with Gasteiger partial charge >= 0.3 is 0 Å². The van der Waals surface area contributed by atoms with Crippen molar-refractivity contribution >= 4 is 5.96 Å². The average Bonchev–Trinajstić information content (AvgIpc) is 2.46. The highest BCUT2D eigenvalue weighted by Gasteiger charge is 2.19. The summed E-state index contributed by atoms with van der Waals surface area (Å²) in [5.74, 6) is 0.978. The molecule has 1 aliphatic heterocycles. The molecule has 116 valence electrons. The van der Waals surface area contributed by atoms with Crippen molar-refractivity contribution in [3.8, 4) is 0 Å². The molecule has 0 aliphatic carbocycles. The first kappa shape index (κ1) is 17.0. The first-order valence-corrected chi connectivity index (χ1v) is 8.18. The Kier molecular flexibility index (Phi) is 9.13. The van der Waals surface area contributed by atoms with Crippen LogP contribution >= 0.6 is 0 Å². The SMILES string of the molecule is CC=CCCN=C(NCC)NC1CCN(CCC)CC1. The molecule has 0 aromatic heterocycles. The molecule has 0 amide bonds. The predicted octanol–water partition coefficient (Wildman–Crippen LogP) is 2.38. The lowest BCUT2D eigenvalue weighted by atomic mass is 10.1. The minimum atomic E-state index is 0.572. The van der Waals surface area contributed by atoms with Crippen LogP contribution in [-0.4, -0.2) is 49.6 Å². The van der Waals surface area contributed by atoms with Crippen LogP contribution in [0.25, 0.3) is 0 Å². The van der Waals surface area contributed by atoms with Crippen molar-refractivity contribution in [2.75, 3.05) is 32.7 Å². The van der Waals surface area contributed by atoms with Gasteiger partial charge in [0.1, 0.15) is 0 Å². The van der Waals surface area contributed by atoms with Crippen LogP contribution in [0.15, 0.2) is 17.1 Å². The molecule has 0 aromatic rings. The molecular weight excluding hydrogens is 248 g/mol. The van der Waals surface area contributed by atoms with Gasteiger partial charge in [-0.15, -0.1) is 0 Å². The predicted molar refractivity (Wildman–Crippen MR) is 88.3 cm³/mol. The number of hydrogen-bond donors (Lipinski definition) is 2. The summed E-state index contributed by atoms with van der Waals surface area (Å²) in [5, 5.41) is 6.93. The molecular formula is C16H32N4. The van der Waals surface area contributed by atoms with Crippen LogP contribution in [0.5, 0.6) is 0 Å². The van der Waals surface area contributed by atoms with Crippen molar-refractivity contribution in [1.82, 2.24) is 15.5 Å². The first-order chi connectivity index (χ1) is 9.80. The molecule has 4 nitrogen and oxygen atoms in total. The van der Waals surface area contributed by atoms with E-state index < -0.39 is 0 Å². The largest absolute Gasteiger partial charge is 0.357 e. The first-order valence-electron chi connectivity index (χ1n) is 8.18.